The number of nitrogens with one attached hydrogen (secondary N) is 1. The minimum Gasteiger partial charge on any atom is -0.497 e. The summed E-state index contributed by atoms with van der Waals surface area (Å²) in [7, 11) is 1.59. The van der Waals surface area contributed by atoms with Crippen molar-refractivity contribution in [2.45, 2.75) is 6.92 Å². The van der Waals surface area contributed by atoms with Crippen molar-refractivity contribution in [1.82, 2.24) is 0 Å². The molecule has 112 valence electrons. The molecule has 0 heterocycles. The molecule has 5 heteroatoms. The topological polar surface area (TPSA) is 30.5 Å². The highest BCUT2D eigenvalue weighted by molar-refractivity contribution is 5.48. The molecule has 0 aliphatic heterocycles. The first-order valence-electron chi connectivity index (χ1n) is 6.57. The van der Waals surface area contributed by atoms with E-state index in [4.69, 9.17) is 9.47 Å². The molecule has 0 aliphatic rings. The normalized spacial score (nSPS) is 10.3. The van der Waals surface area contributed by atoms with Gasteiger partial charge in [-0.15, -0.1) is 0 Å². The molecule has 2 rings (SSSR count). The van der Waals surface area contributed by atoms with Crippen molar-refractivity contribution in [1.29, 1.82) is 0 Å². The van der Waals surface area contributed by atoms with Crippen molar-refractivity contribution in [2.24, 2.45) is 0 Å². The van der Waals surface area contributed by atoms with Crippen molar-refractivity contribution in [3.63, 3.8) is 0 Å². The lowest BCUT2D eigenvalue weighted by Crippen LogP contribution is -2.13. The highest BCUT2D eigenvalue weighted by atomic mass is 19.1. The Morgan fingerprint density at radius 3 is 2.33 bits per heavy atom. The van der Waals surface area contributed by atoms with Crippen molar-refractivity contribution in [3.05, 3.63) is 53.6 Å². The fraction of sp³-hybridized carbons (Fsp3) is 0.250. The summed E-state index contributed by atoms with van der Waals surface area (Å²) >= 11 is 0. The number of benzene rings is 2. The second-order valence-electron chi connectivity index (χ2n) is 4.50. The van der Waals surface area contributed by atoms with Crippen molar-refractivity contribution in [2.75, 3.05) is 25.6 Å². The minimum absolute atomic E-state index is 0.117. The third-order valence-electron chi connectivity index (χ3n) is 3.02. The maximum atomic E-state index is 13.7. The number of hydrogen-bond donors (Lipinski definition) is 1. The summed E-state index contributed by atoms with van der Waals surface area (Å²) in [6, 6.07) is 9.75. The van der Waals surface area contributed by atoms with Crippen LogP contribution in [0.25, 0.3) is 0 Å². The summed E-state index contributed by atoms with van der Waals surface area (Å²) in [5.41, 5.74) is 0.281. The maximum absolute atomic E-state index is 13.7. The summed E-state index contributed by atoms with van der Waals surface area (Å²) in [4.78, 5) is 0. The van der Waals surface area contributed by atoms with Crippen LogP contribution in [0.4, 0.5) is 14.5 Å². The van der Waals surface area contributed by atoms with Gasteiger partial charge in [0.2, 0.25) is 0 Å². The van der Waals surface area contributed by atoms with Gasteiger partial charge in [-0.05, 0) is 42.8 Å². The Morgan fingerprint density at radius 2 is 1.67 bits per heavy atom. The van der Waals surface area contributed by atoms with Crippen LogP contribution in [0.5, 0.6) is 11.5 Å². The van der Waals surface area contributed by atoms with Gasteiger partial charge < -0.3 is 14.8 Å². The van der Waals surface area contributed by atoms with Crippen LogP contribution in [-0.4, -0.2) is 20.3 Å². The lowest BCUT2D eigenvalue weighted by Gasteiger charge is -2.11. The van der Waals surface area contributed by atoms with E-state index in [0.29, 0.717) is 24.5 Å². The van der Waals surface area contributed by atoms with Gasteiger partial charge in [0.05, 0.1) is 7.11 Å². The molecule has 0 spiro atoms. The second-order valence-corrected chi connectivity index (χ2v) is 4.50. The fourth-order valence-corrected chi connectivity index (χ4v) is 1.84. The highest BCUT2D eigenvalue weighted by Crippen LogP contribution is 2.21. The van der Waals surface area contributed by atoms with Gasteiger partial charge in [0, 0.05) is 6.54 Å². The summed E-state index contributed by atoms with van der Waals surface area (Å²) in [6.45, 7) is 2.18. The standard InChI is InChI=1S/C16H17F2NO2/c1-11-3-8-14(17)16(15(11)18)19-9-10-21-13-6-4-12(20-2)5-7-13/h3-8,19H,9-10H2,1-2H3. The average molecular weight is 293 g/mol. The van der Waals surface area contributed by atoms with E-state index >= 15 is 0 Å². The number of ether oxygens (including phenoxy) is 2. The van der Waals surface area contributed by atoms with Crippen LogP contribution in [0.15, 0.2) is 36.4 Å². The molecule has 0 saturated carbocycles. The Balaban J connectivity index is 1.86. The molecular weight excluding hydrogens is 276 g/mol. The van der Waals surface area contributed by atoms with E-state index in [1.165, 1.54) is 12.1 Å². The Bertz CT molecular complexity index is 600. The summed E-state index contributed by atoms with van der Waals surface area (Å²) in [5, 5.41) is 2.72. The Labute approximate surface area is 122 Å². The van der Waals surface area contributed by atoms with Crippen molar-refractivity contribution < 1.29 is 18.3 Å². The third kappa shape index (κ3) is 3.84. The van der Waals surface area contributed by atoms with E-state index in [-0.39, 0.29) is 5.69 Å². The second kappa shape index (κ2) is 6.92. The average Bonchev–Trinajstić information content (AvgIpc) is 2.51. The molecule has 2 aromatic carbocycles. The van der Waals surface area contributed by atoms with E-state index in [1.807, 2.05) is 0 Å². The number of hydrogen-bond acceptors (Lipinski definition) is 3. The van der Waals surface area contributed by atoms with Crippen LogP contribution in [0, 0.1) is 18.6 Å². The van der Waals surface area contributed by atoms with Crippen LogP contribution < -0.4 is 14.8 Å². The highest BCUT2D eigenvalue weighted by Gasteiger charge is 2.10. The molecule has 0 saturated heterocycles. The van der Waals surface area contributed by atoms with Crippen LogP contribution in [0.3, 0.4) is 0 Å². The largest absolute Gasteiger partial charge is 0.497 e. The zero-order chi connectivity index (χ0) is 15.2. The summed E-state index contributed by atoms with van der Waals surface area (Å²) < 4.78 is 37.8. The first-order valence-corrected chi connectivity index (χ1v) is 6.57. The van der Waals surface area contributed by atoms with E-state index in [0.717, 1.165) is 5.75 Å². The van der Waals surface area contributed by atoms with Crippen LogP contribution >= 0.6 is 0 Å². The van der Waals surface area contributed by atoms with Gasteiger partial charge in [-0.2, -0.15) is 0 Å². The number of anilines is 1. The number of aryl methyl sites for hydroxylation is 1. The quantitative estimate of drug-likeness (QED) is 0.822. The smallest absolute Gasteiger partial charge is 0.152 e. The van der Waals surface area contributed by atoms with Gasteiger partial charge in [-0.1, -0.05) is 6.07 Å². The predicted octanol–water partition coefficient (Wildman–Crippen LogP) is 3.77. The molecule has 0 aliphatic carbocycles. The molecule has 1 N–H and O–H groups in total. The lowest BCUT2D eigenvalue weighted by atomic mass is 10.2. The monoisotopic (exact) mass is 293 g/mol. The van der Waals surface area contributed by atoms with E-state index < -0.39 is 11.6 Å². The van der Waals surface area contributed by atoms with Gasteiger partial charge >= 0.3 is 0 Å². The van der Waals surface area contributed by atoms with Crippen LogP contribution in [0.2, 0.25) is 0 Å². The Kier molecular flexibility index (Phi) is 4.98. The third-order valence-corrected chi connectivity index (χ3v) is 3.02. The van der Waals surface area contributed by atoms with E-state index in [1.54, 1.807) is 38.3 Å². The van der Waals surface area contributed by atoms with E-state index in [2.05, 4.69) is 5.32 Å². The molecule has 2 aromatic rings. The molecule has 0 unspecified atom stereocenters. The molecule has 21 heavy (non-hydrogen) atoms. The zero-order valence-electron chi connectivity index (χ0n) is 12.0. The maximum Gasteiger partial charge on any atom is 0.152 e. The van der Waals surface area contributed by atoms with Gasteiger partial charge in [-0.3, -0.25) is 0 Å². The number of halogens is 2. The van der Waals surface area contributed by atoms with E-state index in [9.17, 15) is 8.78 Å². The molecule has 0 amide bonds. The molecule has 0 bridgehead atoms. The molecule has 3 nitrogen and oxygen atoms in total. The molecule has 0 radical (unpaired) electrons. The zero-order valence-corrected chi connectivity index (χ0v) is 12.0. The summed E-state index contributed by atoms with van der Waals surface area (Å²) in [5.74, 6) is 0.231. The van der Waals surface area contributed by atoms with Gasteiger partial charge in [0.25, 0.3) is 0 Å². The Hall–Kier alpha value is -2.30. The van der Waals surface area contributed by atoms with Crippen molar-refractivity contribution in [3.8, 4) is 11.5 Å². The lowest BCUT2D eigenvalue weighted by molar-refractivity contribution is 0.331. The SMILES string of the molecule is COc1ccc(OCCNc2c(F)ccc(C)c2F)cc1. The van der Waals surface area contributed by atoms with Gasteiger partial charge in [0.15, 0.2) is 5.82 Å². The fourth-order valence-electron chi connectivity index (χ4n) is 1.84. The first-order chi connectivity index (χ1) is 10.1. The number of methoxy groups -OCH3 is 1. The van der Waals surface area contributed by atoms with Gasteiger partial charge in [0.1, 0.15) is 29.6 Å². The van der Waals surface area contributed by atoms with Crippen LogP contribution in [0.1, 0.15) is 5.56 Å². The molecular formula is C16H17F2NO2. The molecule has 0 aromatic heterocycles. The first kappa shape index (κ1) is 15.1. The molecule has 0 atom stereocenters. The number of rotatable bonds is 6. The minimum atomic E-state index is -0.609. The predicted molar refractivity (Wildman–Crippen MR) is 78.1 cm³/mol. The van der Waals surface area contributed by atoms with Gasteiger partial charge in [-0.25, -0.2) is 8.78 Å². The van der Waals surface area contributed by atoms with Crippen LogP contribution in [-0.2, 0) is 0 Å². The Morgan fingerprint density at radius 1 is 1.00 bits per heavy atom. The summed E-state index contributed by atoms with van der Waals surface area (Å²) in [6.07, 6.45) is 0. The molecule has 0 fully saturated rings. The van der Waals surface area contributed by atoms with Crippen molar-refractivity contribution >= 4 is 5.69 Å².